The Kier molecular flexibility index (Phi) is 5.91. The molecular formula is C27H29FN6O3. The number of hydrogen-bond donors (Lipinski definition) is 2. The minimum Gasteiger partial charge on any atom is -0.378 e. The van der Waals surface area contributed by atoms with Gasteiger partial charge in [-0.25, -0.2) is 9.37 Å². The highest BCUT2D eigenvalue weighted by Crippen LogP contribution is 2.64. The summed E-state index contributed by atoms with van der Waals surface area (Å²) in [6, 6.07) is 10.2. The zero-order chi connectivity index (χ0) is 25.6. The first-order chi connectivity index (χ1) is 17.9. The van der Waals surface area contributed by atoms with E-state index in [0.29, 0.717) is 32.0 Å². The van der Waals surface area contributed by atoms with Crippen molar-refractivity contribution in [1.29, 1.82) is 0 Å². The van der Waals surface area contributed by atoms with Crippen molar-refractivity contribution in [3.8, 4) is 0 Å². The predicted molar refractivity (Wildman–Crippen MR) is 135 cm³/mol. The number of nitrogens with one attached hydrogen (secondary N) is 2. The van der Waals surface area contributed by atoms with Gasteiger partial charge in [0, 0.05) is 38.3 Å². The molecule has 1 spiro atoms. The van der Waals surface area contributed by atoms with Crippen LogP contribution >= 0.6 is 0 Å². The number of anilines is 2. The number of aromatic nitrogens is 3. The maximum atomic E-state index is 15.0. The average molecular weight is 505 g/mol. The van der Waals surface area contributed by atoms with Gasteiger partial charge in [0.2, 0.25) is 5.91 Å². The van der Waals surface area contributed by atoms with Gasteiger partial charge in [-0.15, -0.1) is 0 Å². The minimum absolute atomic E-state index is 0.0604. The Bertz CT molecular complexity index is 1350. The van der Waals surface area contributed by atoms with Crippen molar-refractivity contribution in [1.82, 2.24) is 20.1 Å². The molecule has 0 radical (unpaired) electrons. The molecule has 2 atom stereocenters. The van der Waals surface area contributed by atoms with E-state index in [0.717, 1.165) is 24.8 Å². The maximum absolute atomic E-state index is 15.0. The van der Waals surface area contributed by atoms with E-state index in [4.69, 9.17) is 4.74 Å². The number of aryl methyl sites for hydroxylation is 1. The number of carbonyl (C=O) groups excluding carboxylic acids is 2. The van der Waals surface area contributed by atoms with Crippen LogP contribution in [0.3, 0.4) is 0 Å². The molecule has 1 saturated carbocycles. The molecule has 2 fully saturated rings. The monoisotopic (exact) mass is 504 g/mol. The Morgan fingerprint density at radius 1 is 1.19 bits per heavy atom. The lowest BCUT2D eigenvalue weighted by Gasteiger charge is -2.30. The van der Waals surface area contributed by atoms with Crippen molar-refractivity contribution in [2.75, 3.05) is 36.5 Å². The molecule has 2 N–H and O–H groups in total. The summed E-state index contributed by atoms with van der Waals surface area (Å²) in [4.78, 5) is 33.1. The topological polar surface area (TPSA) is 101 Å². The summed E-state index contributed by atoms with van der Waals surface area (Å²) in [5.74, 6) is -1.24. The number of morpholine rings is 1. The van der Waals surface area contributed by atoms with Gasteiger partial charge in [0.05, 0.1) is 25.1 Å². The summed E-state index contributed by atoms with van der Waals surface area (Å²) >= 11 is 0. The first-order valence-corrected chi connectivity index (χ1v) is 12.6. The van der Waals surface area contributed by atoms with Crippen LogP contribution in [0.4, 0.5) is 15.9 Å². The van der Waals surface area contributed by atoms with Gasteiger partial charge in [-0.3, -0.25) is 14.3 Å². The first-order valence-electron chi connectivity index (χ1n) is 12.6. The molecule has 1 aliphatic heterocycles. The maximum Gasteiger partial charge on any atom is 0.270 e. The smallest absolute Gasteiger partial charge is 0.270 e. The third kappa shape index (κ3) is 4.35. The molecule has 1 aromatic carbocycles. The van der Waals surface area contributed by atoms with Gasteiger partial charge in [0.15, 0.2) is 11.6 Å². The molecule has 2 aliphatic carbocycles. The fourth-order valence-electron chi connectivity index (χ4n) is 5.84. The molecule has 9 nitrogen and oxygen atoms in total. The summed E-state index contributed by atoms with van der Waals surface area (Å²) in [7, 11) is 1.68. The quantitative estimate of drug-likeness (QED) is 0.535. The van der Waals surface area contributed by atoms with Crippen LogP contribution in [0.5, 0.6) is 0 Å². The number of pyridine rings is 1. The second kappa shape index (κ2) is 9.26. The Hall–Kier alpha value is -3.79. The Morgan fingerprint density at radius 3 is 2.68 bits per heavy atom. The molecule has 6 rings (SSSR count). The molecule has 3 aliphatic rings. The van der Waals surface area contributed by atoms with E-state index in [1.807, 2.05) is 23.1 Å². The van der Waals surface area contributed by atoms with Gasteiger partial charge in [-0.05, 0) is 41.9 Å². The molecule has 3 aromatic rings. The lowest BCUT2D eigenvalue weighted by molar-refractivity contribution is -0.118. The van der Waals surface area contributed by atoms with Crippen LogP contribution in [0.1, 0.15) is 40.4 Å². The second-order valence-electron chi connectivity index (χ2n) is 10.1. The average Bonchev–Trinajstić information content (AvgIpc) is 3.40. The Balaban J connectivity index is 1.29. The van der Waals surface area contributed by atoms with E-state index in [1.54, 1.807) is 19.3 Å². The molecule has 192 valence electrons. The number of amides is 2. The molecule has 2 aromatic heterocycles. The molecule has 1 saturated heterocycles. The van der Waals surface area contributed by atoms with E-state index >= 15 is 0 Å². The van der Waals surface area contributed by atoms with Gasteiger partial charge in [0.1, 0.15) is 11.7 Å². The van der Waals surface area contributed by atoms with Crippen LogP contribution in [0, 0.1) is 11.2 Å². The number of halogens is 1. The van der Waals surface area contributed by atoms with E-state index in [2.05, 4.69) is 26.8 Å². The first kappa shape index (κ1) is 23.6. The number of fused-ring (bicyclic) bond motifs is 1. The van der Waals surface area contributed by atoms with E-state index in [1.165, 1.54) is 22.5 Å². The van der Waals surface area contributed by atoms with E-state index in [9.17, 15) is 14.0 Å². The third-order valence-corrected chi connectivity index (χ3v) is 7.84. The number of hydrogen-bond acceptors (Lipinski definition) is 6. The van der Waals surface area contributed by atoms with Crippen molar-refractivity contribution < 1.29 is 18.7 Å². The summed E-state index contributed by atoms with van der Waals surface area (Å²) in [5, 5.41) is 9.90. The van der Waals surface area contributed by atoms with Gasteiger partial charge < -0.3 is 20.3 Å². The van der Waals surface area contributed by atoms with Gasteiger partial charge in [0.25, 0.3) is 5.91 Å². The SMILES string of the molecule is Cn1nccc1C(=O)N[C@H](C(=O)Nc1cnc(N2CCOCC2)c(F)c1)[C@@H]1c2ccccc2CC12CC2. The molecular weight excluding hydrogens is 475 g/mol. The van der Waals surface area contributed by atoms with Crippen molar-refractivity contribution in [2.45, 2.75) is 31.2 Å². The standard InChI is InChI=1S/C27H29FN6O3/c1-33-21(6-9-30-33)25(35)32-23(22-19-5-3-2-4-17(19)15-27(22)7-8-27)26(36)31-18-14-20(28)24(29-16-18)34-10-12-37-13-11-34/h2-6,9,14,16,22-23H,7-8,10-13,15H2,1H3,(H,31,36)(H,32,35)/t22-,23-/m0/s1. The fourth-order valence-corrected chi connectivity index (χ4v) is 5.84. The predicted octanol–water partition coefficient (Wildman–Crippen LogP) is 2.65. The summed E-state index contributed by atoms with van der Waals surface area (Å²) in [6.45, 7) is 2.15. The molecule has 2 amide bonds. The zero-order valence-electron chi connectivity index (χ0n) is 20.6. The highest BCUT2D eigenvalue weighted by molar-refractivity contribution is 6.01. The highest BCUT2D eigenvalue weighted by atomic mass is 19.1. The van der Waals surface area contributed by atoms with Gasteiger partial charge >= 0.3 is 0 Å². The number of carbonyl (C=O) groups is 2. The fraction of sp³-hybridized carbons (Fsp3) is 0.407. The van der Waals surface area contributed by atoms with Crippen LogP contribution < -0.4 is 15.5 Å². The zero-order valence-corrected chi connectivity index (χ0v) is 20.6. The summed E-state index contributed by atoms with van der Waals surface area (Å²) in [5.41, 5.74) is 2.83. The van der Waals surface area contributed by atoms with Crippen molar-refractivity contribution >= 4 is 23.3 Å². The third-order valence-electron chi connectivity index (χ3n) is 7.84. The second-order valence-corrected chi connectivity index (χ2v) is 10.1. The van der Waals surface area contributed by atoms with Crippen LogP contribution in [0.2, 0.25) is 0 Å². The number of benzene rings is 1. The number of ether oxygens (including phenoxy) is 1. The van der Waals surface area contributed by atoms with E-state index in [-0.39, 0.29) is 28.7 Å². The van der Waals surface area contributed by atoms with Gasteiger partial charge in [-0.2, -0.15) is 5.10 Å². The van der Waals surface area contributed by atoms with Crippen molar-refractivity contribution in [3.63, 3.8) is 0 Å². The largest absolute Gasteiger partial charge is 0.378 e. The normalized spacial score (nSPS) is 20.4. The van der Waals surface area contributed by atoms with Crippen LogP contribution in [-0.4, -0.2) is 58.9 Å². The molecule has 37 heavy (non-hydrogen) atoms. The van der Waals surface area contributed by atoms with Crippen molar-refractivity contribution in [2.24, 2.45) is 12.5 Å². The number of nitrogens with zero attached hydrogens (tertiary/aromatic N) is 4. The molecule has 0 unspecified atom stereocenters. The van der Waals surface area contributed by atoms with Crippen molar-refractivity contribution in [3.05, 3.63) is 71.4 Å². The Morgan fingerprint density at radius 2 is 1.97 bits per heavy atom. The Labute approximate surface area is 214 Å². The van der Waals surface area contributed by atoms with Crippen LogP contribution in [-0.2, 0) is 23.0 Å². The summed E-state index contributed by atoms with van der Waals surface area (Å²) < 4.78 is 21.8. The van der Waals surface area contributed by atoms with E-state index < -0.39 is 17.8 Å². The molecule has 3 heterocycles. The summed E-state index contributed by atoms with van der Waals surface area (Å²) in [6.07, 6.45) is 5.86. The lowest BCUT2D eigenvalue weighted by Crippen LogP contribution is -2.49. The van der Waals surface area contributed by atoms with Gasteiger partial charge in [-0.1, -0.05) is 24.3 Å². The minimum atomic E-state index is -0.851. The van der Waals surface area contributed by atoms with Crippen LogP contribution in [0.15, 0.2) is 48.8 Å². The lowest BCUT2D eigenvalue weighted by atomic mass is 9.82. The van der Waals surface area contributed by atoms with Crippen LogP contribution in [0.25, 0.3) is 0 Å². The molecule has 0 bridgehead atoms. The number of rotatable bonds is 6. The molecule has 10 heteroatoms. The highest BCUT2D eigenvalue weighted by Gasteiger charge is 2.58.